The third-order valence-corrected chi connectivity index (χ3v) is 5.02. The normalized spacial score (nSPS) is 33.1. The van der Waals surface area contributed by atoms with Crippen molar-refractivity contribution in [1.29, 1.82) is 0 Å². The molecule has 23 heavy (non-hydrogen) atoms. The lowest BCUT2D eigenvalue weighted by Gasteiger charge is -2.35. The van der Waals surface area contributed by atoms with E-state index in [2.05, 4.69) is 23.9 Å². The van der Waals surface area contributed by atoms with Crippen molar-refractivity contribution in [2.75, 3.05) is 74.8 Å². The highest BCUT2D eigenvalue weighted by atomic mass is 16.5. The number of piperidine rings is 2. The van der Waals surface area contributed by atoms with Crippen molar-refractivity contribution in [1.82, 2.24) is 9.80 Å². The molecule has 2 fully saturated rings. The van der Waals surface area contributed by atoms with Crippen LogP contribution in [0.1, 0.15) is 12.8 Å². The number of nitrogens with zero attached hydrogens (tertiary/aromatic N) is 2. The minimum atomic E-state index is 0.221. The lowest BCUT2D eigenvalue weighted by molar-refractivity contribution is -0.0307. The van der Waals surface area contributed by atoms with E-state index in [4.69, 9.17) is 19.3 Å². The van der Waals surface area contributed by atoms with Crippen molar-refractivity contribution >= 4 is 0 Å². The van der Waals surface area contributed by atoms with Crippen LogP contribution in [0.3, 0.4) is 0 Å². The molecule has 0 radical (unpaired) electrons. The quantitative estimate of drug-likeness (QED) is 0.793. The average molecular weight is 332 g/mol. The second-order valence-corrected chi connectivity index (χ2v) is 6.81. The third-order valence-electron chi connectivity index (χ3n) is 5.02. The first-order valence-corrected chi connectivity index (χ1v) is 8.58. The fraction of sp³-hybridized carbons (Fsp3) is 1.00. The van der Waals surface area contributed by atoms with E-state index >= 15 is 0 Å². The highest BCUT2D eigenvalue weighted by molar-refractivity contribution is 4.79. The van der Waals surface area contributed by atoms with Gasteiger partial charge in [0, 0.05) is 52.9 Å². The smallest absolute Gasteiger partial charge is 0.0748 e. The molecule has 4 atom stereocenters. The average Bonchev–Trinajstić information content (AvgIpc) is 2.57. The number of hydrogen-bond donors (Lipinski definition) is 1. The van der Waals surface area contributed by atoms with Gasteiger partial charge in [0.1, 0.15) is 0 Å². The van der Waals surface area contributed by atoms with Gasteiger partial charge in [-0.1, -0.05) is 0 Å². The summed E-state index contributed by atoms with van der Waals surface area (Å²) in [5, 5.41) is 8.98. The molecule has 0 amide bonds. The van der Waals surface area contributed by atoms with Crippen molar-refractivity contribution < 1.29 is 19.3 Å². The molecule has 2 saturated heterocycles. The van der Waals surface area contributed by atoms with Crippen LogP contribution >= 0.6 is 0 Å². The highest BCUT2D eigenvalue weighted by Gasteiger charge is 2.27. The summed E-state index contributed by atoms with van der Waals surface area (Å²) in [5.74, 6) is 0.924. The molecule has 6 heteroatoms. The molecule has 0 aromatic carbocycles. The summed E-state index contributed by atoms with van der Waals surface area (Å²) < 4.78 is 15.8. The van der Waals surface area contributed by atoms with Crippen molar-refractivity contribution in [3.63, 3.8) is 0 Å². The van der Waals surface area contributed by atoms with E-state index in [-0.39, 0.29) is 12.7 Å². The van der Waals surface area contributed by atoms with E-state index in [0.717, 1.165) is 39.2 Å². The zero-order valence-electron chi connectivity index (χ0n) is 15.5. The Bertz CT molecular complexity index is 306. The van der Waals surface area contributed by atoms with E-state index in [9.17, 15) is 0 Å². The van der Waals surface area contributed by atoms with Crippen molar-refractivity contribution in [2.45, 2.75) is 25.0 Å². The molecule has 2 heterocycles. The predicted molar refractivity (Wildman–Crippen MR) is 91.8 cm³/mol. The Kier molecular flexibility index (Phi) is 10.3. The summed E-state index contributed by atoms with van der Waals surface area (Å²) in [6.45, 7) is 5.30. The predicted octanol–water partition coefficient (Wildman–Crippen LogP) is 0.545. The summed E-state index contributed by atoms with van der Waals surface area (Å²) in [7, 11) is 9.47. The standard InChI is InChI=1S/C9H19NO2.C8H17NO2/c1-10-5-4-8(7-11-2)9(6-10)12-3;1-9-4-3-7(6-10)8(5-9)11-2/h8-9H,4-7H2,1-3H3;7-8,10H,3-6H2,1-2H3. The number of aliphatic hydroxyl groups excluding tert-OH is 1. The van der Waals surface area contributed by atoms with E-state index in [0.29, 0.717) is 17.9 Å². The second kappa shape index (κ2) is 11.3. The van der Waals surface area contributed by atoms with Gasteiger partial charge in [-0.2, -0.15) is 0 Å². The number of hydrogen-bond acceptors (Lipinski definition) is 6. The molecule has 0 spiro atoms. The number of likely N-dealkylation sites (N-methyl/N-ethyl adjacent to an activating group) is 2. The van der Waals surface area contributed by atoms with Crippen LogP contribution in [-0.2, 0) is 14.2 Å². The van der Waals surface area contributed by atoms with E-state index in [1.54, 1.807) is 21.3 Å². The van der Waals surface area contributed by atoms with Crippen LogP contribution in [0.4, 0.5) is 0 Å². The first-order chi connectivity index (χ1) is 11.0. The highest BCUT2D eigenvalue weighted by Crippen LogP contribution is 2.19. The Balaban J connectivity index is 0.000000231. The SMILES string of the molecule is COC1CN(C)CCC1CO.COCC1CCN(C)CC1OC. The van der Waals surface area contributed by atoms with Gasteiger partial charge in [0.05, 0.1) is 18.8 Å². The molecule has 6 nitrogen and oxygen atoms in total. The summed E-state index contributed by atoms with van der Waals surface area (Å²) in [5.41, 5.74) is 0. The Labute approximate surface area is 141 Å². The van der Waals surface area contributed by atoms with Gasteiger partial charge in [-0.15, -0.1) is 0 Å². The lowest BCUT2D eigenvalue weighted by Crippen LogP contribution is -2.44. The van der Waals surface area contributed by atoms with E-state index in [1.165, 1.54) is 6.42 Å². The van der Waals surface area contributed by atoms with Crippen LogP contribution in [0.2, 0.25) is 0 Å². The fourth-order valence-corrected chi connectivity index (χ4v) is 3.39. The van der Waals surface area contributed by atoms with Crippen LogP contribution in [0.25, 0.3) is 0 Å². The minimum Gasteiger partial charge on any atom is -0.396 e. The van der Waals surface area contributed by atoms with Crippen molar-refractivity contribution in [2.24, 2.45) is 11.8 Å². The molecule has 2 aliphatic heterocycles. The van der Waals surface area contributed by atoms with Gasteiger partial charge >= 0.3 is 0 Å². The Hall–Kier alpha value is -0.240. The first kappa shape index (κ1) is 20.8. The molecule has 0 aliphatic carbocycles. The van der Waals surface area contributed by atoms with Crippen LogP contribution < -0.4 is 0 Å². The van der Waals surface area contributed by atoms with Crippen molar-refractivity contribution in [3.8, 4) is 0 Å². The van der Waals surface area contributed by atoms with E-state index < -0.39 is 0 Å². The largest absolute Gasteiger partial charge is 0.396 e. The lowest BCUT2D eigenvalue weighted by atomic mass is 9.95. The zero-order valence-corrected chi connectivity index (χ0v) is 15.5. The van der Waals surface area contributed by atoms with Gasteiger partial charge < -0.3 is 29.1 Å². The molecular formula is C17H36N2O4. The summed E-state index contributed by atoms with van der Waals surface area (Å²) in [4.78, 5) is 4.54. The molecule has 2 aliphatic rings. The maximum atomic E-state index is 8.98. The van der Waals surface area contributed by atoms with Gasteiger partial charge in [0.15, 0.2) is 0 Å². The number of methoxy groups -OCH3 is 3. The molecule has 0 saturated carbocycles. The molecule has 4 unspecified atom stereocenters. The van der Waals surface area contributed by atoms with E-state index in [1.807, 2.05) is 0 Å². The Morgan fingerprint density at radius 3 is 1.78 bits per heavy atom. The Morgan fingerprint density at radius 1 is 0.870 bits per heavy atom. The number of likely N-dealkylation sites (tertiary alicyclic amines) is 2. The van der Waals surface area contributed by atoms with Gasteiger partial charge in [0.25, 0.3) is 0 Å². The van der Waals surface area contributed by atoms with Gasteiger partial charge in [-0.25, -0.2) is 0 Å². The molecule has 0 aromatic rings. The zero-order chi connectivity index (χ0) is 17.2. The number of rotatable bonds is 5. The Morgan fingerprint density at radius 2 is 1.35 bits per heavy atom. The number of aliphatic hydroxyl groups is 1. The minimum absolute atomic E-state index is 0.221. The maximum absolute atomic E-state index is 8.98. The van der Waals surface area contributed by atoms with Crippen molar-refractivity contribution in [3.05, 3.63) is 0 Å². The van der Waals surface area contributed by atoms with Crippen LogP contribution in [0.5, 0.6) is 0 Å². The molecule has 2 rings (SSSR count). The molecule has 0 bridgehead atoms. The molecule has 1 N–H and O–H groups in total. The van der Waals surface area contributed by atoms with Gasteiger partial charge in [-0.05, 0) is 40.0 Å². The molecule has 138 valence electrons. The topological polar surface area (TPSA) is 54.4 Å². The van der Waals surface area contributed by atoms with Gasteiger partial charge in [-0.3, -0.25) is 0 Å². The fourth-order valence-electron chi connectivity index (χ4n) is 3.39. The van der Waals surface area contributed by atoms with Crippen LogP contribution in [0, 0.1) is 11.8 Å². The number of ether oxygens (including phenoxy) is 3. The van der Waals surface area contributed by atoms with Crippen LogP contribution in [0.15, 0.2) is 0 Å². The van der Waals surface area contributed by atoms with Gasteiger partial charge in [0.2, 0.25) is 0 Å². The summed E-state index contributed by atoms with van der Waals surface area (Å²) in [6.07, 6.45) is 2.80. The monoisotopic (exact) mass is 332 g/mol. The van der Waals surface area contributed by atoms with Crippen LogP contribution in [-0.4, -0.2) is 102 Å². The molecular weight excluding hydrogens is 296 g/mol. The summed E-state index contributed by atoms with van der Waals surface area (Å²) in [6, 6.07) is 0. The molecule has 0 aromatic heterocycles. The second-order valence-electron chi connectivity index (χ2n) is 6.81. The summed E-state index contributed by atoms with van der Waals surface area (Å²) >= 11 is 0. The third kappa shape index (κ3) is 7.03. The maximum Gasteiger partial charge on any atom is 0.0748 e. The first-order valence-electron chi connectivity index (χ1n) is 8.58.